The van der Waals surface area contributed by atoms with Crippen molar-refractivity contribution in [3.63, 3.8) is 0 Å². The van der Waals surface area contributed by atoms with E-state index in [1.54, 1.807) is 18.3 Å². The van der Waals surface area contributed by atoms with Crippen LogP contribution in [0.1, 0.15) is 15.9 Å². The molecule has 0 fully saturated rings. The van der Waals surface area contributed by atoms with Gasteiger partial charge in [0.15, 0.2) is 0 Å². The molecule has 1 atom stereocenters. The lowest BCUT2D eigenvalue weighted by molar-refractivity contribution is -0.139. The quantitative estimate of drug-likeness (QED) is 0.812. The molecule has 2 N–H and O–H groups in total. The van der Waals surface area contributed by atoms with Gasteiger partial charge in [0.1, 0.15) is 10.6 Å². The van der Waals surface area contributed by atoms with Crippen LogP contribution in [0.15, 0.2) is 53.3 Å². The van der Waals surface area contributed by atoms with E-state index in [1.165, 1.54) is 0 Å². The number of pyridine rings is 1. The van der Waals surface area contributed by atoms with Crippen molar-refractivity contribution in [3.05, 3.63) is 64.4 Å². The summed E-state index contributed by atoms with van der Waals surface area (Å²) in [5.74, 6) is -1.55. The highest BCUT2D eigenvalue weighted by molar-refractivity contribution is 9.10. The van der Waals surface area contributed by atoms with Crippen LogP contribution in [0.3, 0.4) is 0 Å². The van der Waals surface area contributed by atoms with Crippen LogP contribution in [0.2, 0.25) is 0 Å². The minimum atomic E-state index is -1.08. The van der Waals surface area contributed by atoms with Crippen LogP contribution >= 0.6 is 15.9 Å². The van der Waals surface area contributed by atoms with Gasteiger partial charge >= 0.3 is 5.97 Å². The fourth-order valence-electron chi connectivity index (χ4n) is 1.84. The Balaban J connectivity index is 2.12. The summed E-state index contributed by atoms with van der Waals surface area (Å²) in [7, 11) is 0. The van der Waals surface area contributed by atoms with E-state index in [0.717, 1.165) is 5.56 Å². The van der Waals surface area contributed by atoms with E-state index in [0.29, 0.717) is 10.2 Å². The lowest BCUT2D eigenvalue weighted by atomic mass is 10.1. The molecule has 1 heterocycles. The smallest absolute Gasteiger partial charge is 0.326 e. The number of nitrogens with one attached hydrogen (secondary N) is 1. The number of rotatable bonds is 5. The van der Waals surface area contributed by atoms with Crippen LogP contribution in [-0.4, -0.2) is 28.0 Å². The molecular formula is C15H13BrN2O3. The third kappa shape index (κ3) is 4.13. The number of aliphatic carboxylic acids is 1. The Bertz CT molecular complexity index is 646. The fourth-order valence-corrected chi connectivity index (χ4v) is 2.27. The van der Waals surface area contributed by atoms with Gasteiger partial charge in [-0.15, -0.1) is 0 Å². The molecule has 21 heavy (non-hydrogen) atoms. The van der Waals surface area contributed by atoms with Crippen LogP contribution < -0.4 is 5.32 Å². The molecule has 0 radical (unpaired) electrons. The highest BCUT2D eigenvalue weighted by Gasteiger charge is 2.22. The van der Waals surface area contributed by atoms with Crippen LogP contribution in [-0.2, 0) is 11.2 Å². The van der Waals surface area contributed by atoms with E-state index < -0.39 is 17.9 Å². The molecule has 0 saturated heterocycles. The Kier molecular flexibility index (Phi) is 5.05. The third-order valence-electron chi connectivity index (χ3n) is 2.89. The lowest BCUT2D eigenvalue weighted by Gasteiger charge is -2.15. The molecular weight excluding hydrogens is 336 g/mol. The maximum Gasteiger partial charge on any atom is 0.326 e. The molecule has 6 heteroatoms. The van der Waals surface area contributed by atoms with Crippen molar-refractivity contribution < 1.29 is 14.7 Å². The molecule has 5 nitrogen and oxygen atoms in total. The molecule has 0 bridgehead atoms. The Morgan fingerprint density at radius 3 is 2.52 bits per heavy atom. The molecule has 0 aliphatic carbocycles. The summed E-state index contributed by atoms with van der Waals surface area (Å²) in [4.78, 5) is 27.4. The topological polar surface area (TPSA) is 79.3 Å². The van der Waals surface area contributed by atoms with Crippen LogP contribution in [0.5, 0.6) is 0 Å². The molecule has 1 aromatic carbocycles. The predicted octanol–water partition coefficient (Wildman–Crippen LogP) is 2.27. The molecule has 0 aliphatic heterocycles. The van der Waals surface area contributed by atoms with Crippen LogP contribution in [0.25, 0.3) is 0 Å². The van der Waals surface area contributed by atoms with Gasteiger partial charge in [-0.3, -0.25) is 4.79 Å². The number of nitrogens with zero attached hydrogens (tertiary/aromatic N) is 1. The summed E-state index contributed by atoms with van der Waals surface area (Å²) in [6.07, 6.45) is 1.76. The van der Waals surface area contributed by atoms with Crippen molar-refractivity contribution in [2.45, 2.75) is 12.5 Å². The summed E-state index contributed by atoms with van der Waals surface area (Å²) in [5.41, 5.74) is 1.15. The molecule has 1 amide bonds. The maximum absolute atomic E-state index is 12.1. The number of carboxylic acids is 1. The van der Waals surface area contributed by atoms with E-state index in [9.17, 15) is 14.7 Å². The first-order valence-corrected chi connectivity index (χ1v) is 7.05. The molecule has 0 aliphatic rings. The van der Waals surface area contributed by atoms with Crippen molar-refractivity contribution in [2.75, 3.05) is 0 Å². The second-order valence-electron chi connectivity index (χ2n) is 4.40. The second-order valence-corrected chi connectivity index (χ2v) is 5.15. The largest absolute Gasteiger partial charge is 0.480 e. The first-order chi connectivity index (χ1) is 10.1. The predicted molar refractivity (Wildman–Crippen MR) is 81.0 cm³/mol. The number of benzene rings is 1. The van der Waals surface area contributed by atoms with Crippen LogP contribution in [0.4, 0.5) is 0 Å². The summed E-state index contributed by atoms with van der Waals surface area (Å²) in [5, 5.41) is 11.8. The molecule has 2 aromatic rings. The van der Waals surface area contributed by atoms with Crippen LogP contribution in [0, 0.1) is 0 Å². The van der Waals surface area contributed by atoms with Crippen molar-refractivity contribution in [1.29, 1.82) is 0 Å². The van der Waals surface area contributed by atoms with Gasteiger partial charge in [-0.1, -0.05) is 30.3 Å². The zero-order valence-corrected chi connectivity index (χ0v) is 12.6. The summed E-state index contributed by atoms with van der Waals surface area (Å²) < 4.78 is 0.381. The van der Waals surface area contributed by atoms with E-state index in [4.69, 9.17) is 0 Å². The van der Waals surface area contributed by atoms with E-state index in [2.05, 4.69) is 26.2 Å². The molecule has 108 valence electrons. The van der Waals surface area contributed by atoms with Crippen molar-refractivity contribution in [2.24, 2.45) is 0 Å². The number of hydrogen-bond acceptors (Lipinski definition) is 3. The van der Waals surface area contributed by atoms with E-state index >= 15 is 0 Å². The number of halogens is 1. The minimum absolute atomic E-state index is 0.222. The normalized spacial score (nSPS) is 11.7. The molecule has 1 aromatic heterocycles. The number of amides is 1. The van der Waals surface area contributed by atoms with E-state index in [-0.39, 0.29) is 6.42 Å². The van der Waals surface area contributed by atoms with Crippen molar-refractivity contribution >= 4 is 27.8 Å². The monoisotopic (exact) mass is 348 g/mol. The molecule has 0 spiro atoms. The SMILES string of the molecule is O=C(N[C@@H](Cc1ccccc1)C(=O)O)c1cccnc1Br. The lowest BCUT2D eigenvalue weighted by Crippen LogP contribution is -2.42. The Morgan fingerprint density at radius 2 is 1.90 bits per heavy atom. The van der Waals surface area contributed by atoms with Gasteiger partial charge in [-0.25, -0.2) is 9.78 Å². The highest BCUT2D eigenvalue weighted by Crippen LogP contribution is 2.13. The highest BCUT2D eigenvalue weighted by atomic mass is 79.9. The van der Waals surface area contributed by atoms with Gasteiger partial charge in [-0.05, 0) is 33.6 Å². The van der Waals surface area contributed by atoms with Gasteiger partial charge in [0.2, 0.25) is 0 Å². The molecule has 0 unspecified atom stereocenters. The maximum atomic E-state index is 12.1. The van der Waals surface area contributed by atoms with Gasteiger partial charge < -0.3 is 10.4 Å². The first kappa shape index (κ1) is 15.2. The number of hydrogen-bond donors (Lipinski definition) is 2. The second kappa shape index (κ2) is 6.99. The Hall–Kier alpha value is -2.21. The number of carboxylic acid groups (broad SMARTS) is 1. The average molecular weight is 349 g/mol. The minimum Gasteiger partial charge on any atom is -0.480 e. The number of aromatic nitrogens is 1. The zero-order chi connectivity index (χ0) is 15.2. The number of carbonyl (C=O) groups excluding carboxylic acids is 1. The van der Waals surface area contributed by atoms with Crippen molar-refractivity contribution in [3.8, 4) is 0 Å². The molecule has 0 saturated carbocycles. The summed E-state index contributed by atoms with van der Waals surface area (Å²) in [6, 6.07) is 11.4. The third-order valence-corrected chi connectivity index (χ3v) is 3.52. The first-order valence-electron chi connectivity index (χ1n) is 6.26. The molecule has 2 rings (SSSR count). The van der Waals surface area contributed by atoms with Gasteiger partial charge in [0.25, 0.3) is 5.91 Å². The fraction of sp³-hybridized carbons (Fsp3) is 0.133. The Labute approximate surface area is 130 Å². The van der Waals surface area contributed by atoms with Gasteiger partial charge in [-0.2, -0.15) is 0 Å². The summed E-state index contributed by atoms with van der Waals surface area (Å²) >= 11 is 3.17. The van der Waals surface area contributed by atoms with Crippen molar-refractivity contribution in [1.82, 2.24) is 10.3 Å². The summed E-state index contributed by atoms with van der Waals surface area (Å²) in [6.45, 7) is 0. The Morgan fingerprint density at radius 1 is 1.19 bits per heavy atom. The van der Waals surface area contributed by atoms with E-state index in [1.807, 2.05) is 30.3 Å². The van der Waals surface area contributed by atoms with Gasteiger partial charge in [0.05, 0.1) is 5.56 Å². The standard InChI is InChI=1S/C15H13BrN2O3/c16-13-11(7-4-8-17-13)14(19)18-12(15(20)21)9-10-5-2-1-3-6-10/h1-8,12H,9H2,(H,18,19)(H,20,21)/t12-/m0/s1. The zero-order valence-electron chi connectivity index (χ0n) is 11.0. The van der Waals surface area contributed by atoms with Gasteiger partial charge in [0, 0.05) is 12.6 Å². The number of carbonyl (C=O) groups is 2. The average Bonchev–Trinajstić information content (AvgIpc) is 2.48.